The summed E-state index contributed by atoms with van der Waals surface area (Å²) < 4.78 is 25.4. The number of benzene rings is 2. The zero-order valence-electron chi connectivity index (χ0n) is 12.0. The highest BCUT2D eigenvalue weighted by Gasteiger charge is 2.21. The molecule has 0 atom stereocenters. The van der Waals surface area contributed by atoms with Gasteiger partial charge in [0.25, 0.3) is 0 Å². The van der Waals surface area contributed by atoms with Gasteiger partial charge in [0, 0.05) is 18.0 Å². The third-order valence-electron chi connectivity index (χ3n) is 3.38. The second kappa shape index (κ2) is 5.79. The Bertz CT molecular complexity index is 950. The minimum Gasteiger partial charge on any atom is -0.298 e. The van der Waals surface area contributed by atoms with Gasteiger partial charge < -0.3 is 0 Å². The van der Waals surface area contributed by atoms with Crippen LogP contribution in [0.15, 0.2) is 65.8 Å². The van der Waals surface area contributed by atoms with Crippen molar-refractivity contribution in [2.45, 2.75) is 4.90 Å². The molecule has 0 aliphatic heterocycles. The minimum atomic E-state index is -4.04. The number of nitrogens with two attached hydrogens (primary N) is 1. The summed E-state index contributed by atoms with van der Waals surface area (Å²) in [5.74, 6) is 0. The van der Waals surface area contributed by atoms with E-state index in [2.05, 4.69) is 5.10 Å². The van der Waals surface area contributed by atoms with Crippen LogP contribution in [0.25, 0.3) is 16.8 Å². The first-order valence-electron chi connectivity index (χ1n) is 6.72. The second-order valence-corrected chi connectivity index (χ2v) is 6.42. The van der Waals surface area contributed by atoms with Crippen LogP contribution in [0.1, 0.15) is 10.4 Å². The molecule has 6 nitrogen and oxygen atoms in total. The number of nitrogens with zero attached hydrogens (tertiary/aromatic N) is 2. The molecule has 3 aromatic rings. The van der Waals surface area contributed by atoms with Gasteiger partial charge in [0.1, 0.15) is 4.90 Å². The second-order valence-electron chi connectivity index (χ2n) is 4.89. The molecular weight excluding hydrogens is 314 g/mol. The molecule has 3 rings (SSSR count). The van der Waals surface area contributed by atoms with Crippen LogP contribution < -0.4 is 5.14 Å². The molecule has 0 amide bonds. The Morgan fingerprint density at radius 1 is 1.04 bits per heavy atom. The van der Waals surface area contributed by atoms with Crippen molar-refractivity contribution in [1.29, 1.82) is 0 Å². The van der Waals surface area contributed by atoms with Crippen molar-refractivity contribution in [3.63, 3.8) is 0 Å². The fourth-order valence-electron chi connectivity index (χ4n) is 2.38. The van der Waals surface area contributed by atoms with Gasteiger partial charge >= 0.3 is 0 Å². The number of carbonyl (C=O) groups is 1. The van der Waals surface area contributed by atoms with E-state index in [1.807, 2.05) is 30.3 Å². The summed E-state index contributed by atoms with van der Waals surface area (Å²) in [6.07, 6.45) is 3.64. The Hall–Kier alpha value is -2.77. The predicted octanol–water partition coefficient (Wildman–Crippen LogP) is 2.00. The van der Waals surface area contributed by atoms with Gasteiger partial charge in [-0.15, -0.1) is 0 Å². The molecule has 0 unspecified atom stereocenters. The van der Waals surface area contributed by atoms with Crippen LogP contribution in [0.4, 0.5) is 0 Å². The van der Waals surface area contributed by atoms with Crippen LogP contribution >= 0.6 is 0 Å². The summed E-state index contributed by atoms with van der Waals surface area (Å²) >= 11 is 0. The van der Waals surface area contributed by atoms with E-state index in [0.29, 0.717) is 11.8 Å². The van der Waals surface area contributed by atoms with Gasteiger partial charge in [-0.1, -0.05) is 30.3 Å². The number of aldehydes is 1. The first kappa shape index (κ1) is 15.1. The number of sulfonamides is 1. The van der Waals surface area contributed by atoms with Gasteiger partial charge in [0.15, 0.2) is 6.29 Å². The lowest BCUT2D eigenvalue weighted by Gasteiger charge is -2.13. The predicted molar refractivity (Wildman–Crippen MR) is 85.8 cm³/mol. The van der Waals surface area contributed by atoms with E-state index in [4.69, 9.17) is 5.14 Å². The first-order chi connectivity index (χ1) is 11.0. The van der Waals surface area contributed by atoms with Crippen molar-refractivity contribution in [1.82, 2.24) is 9.78 Å². The maximum absolute atomic E-state index is 12.0. The van der Waals surface area contributed by atoms with Crippen molar-refractivity contribution in [3.05, 3.63) is 66.5 Å². The molecule has 1 heterocycles. The van der Waals surface area contributed by atoms with Gasteiger partial charge in [0.2, 0.25) is 10.0 Å². The molecule has 0 fully saturated rings. The third-order valence-corrected chi connectivity index (χ3v) is 4.30. The summed E-state index contributed by atoms with van der Waals surface area (Å²) in [5.41, 5.74) is 1.71. The smallest absolute Gasteiger partial charge is 0.240 e. The van der Waals surface area contributed by atoms with Gasteiger partial charge in [-0.3, -0.25) is 4.79 Å². The van der Waals surface area contributed by atoms with E-state index in [1.54, 1.807) is 18.3 Å². The lowest BCUT2D eigenvalue weighted by Crippen LogP contribution is -2.17. The molecule has 7 heteroatoms. The number of rotatable bonds is 4. The summed E-state index contributed by atoms with van der Waals surface area (Å²) in [6, 6.07) is 13.9. The van der Waals surface area contributed by atoms with E-state index in [0.717, 1.165) is 5.56 Å². The van der Waals surface area contributed by atoms with Crippen molar-refractivity contribution in [3.8, 4) is 16.8 Å². The summed E-state index contributed by atoms with van der Waals surface area (Å²) in [5, 5.41) is 9.36. The highest BCUT2D eigenvalue weighted by atomic mass is 32.2. The van der Waals surface area contributed by atoms with E-state index >= 15 is 0 Å². The molecule has 116 valence electrons. The zero-order chi connectivity index (χ0) is 16.4. The van der Waals surface area contributed by atoms with E-state index in [-0.39, 0.29) is 16.1 Å². The fraction of sp³-hybridized carbons (Fsp3) is 0. The molecule has 0 bridgehead atoms. The molecule has 2 aromatic carbocycles. The topological polar surface area (TPSA) is 95.0 Å². The van der Waals surface area contributed by atoms with E-state index in [1.165, 1.54) is 16.9 Å². The van der Waals surface area contributed by atoms with Gasteiger partial charge in [-0.2, -0.15) is 5.10 Å². The van der Waals surface area contributed by atoms with Gasteiger partial charge in [-0.05, 0) is 29.3 Å². The third kappa shape index (κ3) is 2.92. The fourth-order valence-corrected chi connectivity index (χ4v) is 3.15. The van der Waals surface area contributed by atoms with Gasteiger partial charge in [0.05, 0.1) is 5.69 Å². The van der Waals surface area contributed by atoms with Crippen LogP contribution in [0, 0.1) is 0 Å². The molecule has 0 aliphatic rings. The molecule has 2 N–H and O–H groups in total. The van der Waals surface area contributed by atoms with Crippen molar-refractivity contribution in [2.24, 2.45) is 5.14 Å². The van der Waals surface area contributed by atoms with Gasteiger partial charge in [-0.25, -0.2) is 18.2 Å². The van der Waals surface area contributed by atoms with Crippen LogP contribution in [0.2, 0.25) is 0 Å². The molecule has 0 spiro atoms. The van der Waals surface area contributed by atoms with Crippen molar-refractivity contribution < 1.29 is 13.2 Å². The highest BCUT2D eigenvalue weighted by Crippen LogP contribution is 2.29. The van der Waals surface area contributed by atoms with Crippen LogP contribution in [-0.2, 0) is 10.0 Å². The molecule has 0 radical (unpaired) electrons. The summed E-state index contributed by atoms with van der Waals surface area (Å²) in [6.45, 7) is 0. The summed E-state index contributed by atoms with van der Waals surface area (Å²) in [7, 11) is -4.04. The Labute approximate surface area is 133 Å². The lowest BCUT2D eigenvalue weighted by molar-refractivity contribution is 0.112. The molecule has 0 aliphatic carbocycles. The quantitative estimate of drug-likeness (QED) is 0.741. The normalized spacial score (nSPS) is 11.3. The Morgan fingerprint density at radius 3 is 2.35 bits per heavy atom. The standard InChI is InChI=1S/C16H13N3O3S/c17-23(21,22)15-10-13(12-5-2-1-3-6-12)9-14(11-20)16(15)19-8-4-7-18-19/h1-11H,(H2,17,21,22). The minimum absolute atomic E-state index is 0.146. The van der Waals surface area contributed by atoms with E-state index < -0.39 is 10.0 Å². The lowest BCUT2D eigenvalue weighted by atomic mass is 10.0. The summed E-state index contributed by atoms with van der Waals surface area (Å²) in [4.78, 5) is 11.4. The average molecular weight is 327 g/mol. The zero-order valence-corrected chi connectivity index (χ0v) is 12.8. The maximum atomic E-state index is 12.0. The Balaban J connectivity index is 2.36. The van der Waals surface area contributed by atoms with Crippen LogP contribution in [-0.4, -0.2) is 24.5 Å². The number of aromatic nitrogens is 2. The SMILES string of the molecule is NS(=O)(=O)c1cc(-c2ccccc2)cc(C=O)c1-n1cccn1. The molecule has 0 saturated heterocycles. The van der Waals surface area contributed by atoms with Crippen LogP contribution in [0.5, 0.6) is 0 Å². The maximum Gasteiger partial charge on any atom is 0.240 e. The largest absolute Gasteiger partial charge is 0.298 e. The Kier molecular flexibility index (Phi) is 3.81. The Morgan fingerprint density at radius 2 is 1.78 bits per heavy atom. The number of hydrogen-bond acceptors (Lipinski definition) is 4. The number of primary sulfonamides is 1. The average Bonchev–Trinajstić information content (AvgIpc) is 3.07. The van der Waals surface area contributed by atoms with E-state index in [9.17, 15) is 13.2 Å². The monoisotopic (exact) mass is 327 g/mol. The molecular formula is C16H13N3O3S. The highest BCUT2D eigenvalue weighted by molar-refractivity contribution is 7.89. The van der Waals surface area contributed by atoms with Crippen molar-refractivity contribution >= 4 is 16.3 Å². The molecule has 0 saturated carbocycles. The number of hydrogen-bond donors (Lipinski definition) is 1. The first-order valence-corrected chi connectivity index (χ1v) is 8.27. The molecule has 1 aromatic heterocycles. The number of carbonyl (C=O) groups excluding carboxylic acids is 1. The van der Waals surface area contributed by atoms with Crippen molar-refractivity contribution in [2.75, 3.05) is 0 Å². The van der Waals surface area contributed by atoms with Crippen LogP contribution in [0.3, 0.4) is 0 Å². The molecule has 23 heavy (non-hydrogen) atoms.